The summed E-state index contributed by atoms with van der Waals surface area (Å²) < 4.78 is 5.97. The average molecular weight is 436 g/mol. The van der Waals surface area contributed by atoms with Crippen LogP contribution in [-0.4, -0.2) is 43.6 Å². The smallest absolute Gasteiger partial charge is 0.224 e. The number of anilines is 1. The molecule has 0 aromatic heterocycles. The molecule has 0 saturated carbocycles. The molecule has 1 unspecified atom stereocenters. The number of ether oxygens (including phenoxy) is 1. The van der Waals surface area contributed by atoms with Crippen molar-refractivity contribution >= 4 is 22.9 Å². The highest BCUT2D eigenvalue weighted by atomic mass is 32.1. The first-order valence-electron chi connectivity index (χ1n) is 11.2. The van der Waals surface area contributed by atoms with Crippen molar-refractivity contribution in [2.75, 3.05) is 38.1 Å². The van der Waals surface area contributed by atoms with Crippen molar-refractivity contribution in [2.45, 2.75) is 31.7 Å². The van der Waals surface area contributed by atoms with Gasteiger partial charge in [-0.25, -0.2) is 0 Å². The normalized spacial score (nSPS) is 19.2. The Morgan fingerprint density at radius 3 is 3.06 bits per heavy atom. The molecule has 1 aliphatic carbocycles. The monoisotopic (exact) mass is 435 g/mol. The van der Waals surface area contributed by atoms with E-state index in [1.807, 2.05) is 23.5 Å². The predicted molar refractivity (Wildman–Crippen MR) is 126 cm³/mol. The molecule has 1 aromatic rings. The lowest BCUT2D eigenvalue weighted by molar-refractivity contribution is -0.116. The number of hydrogen-bond acceptors (Lipinski definition) is 5. The maximum atomic E-state index is 11.6. The molecule has 1 fully saturated rings. The first-order valence-corrected chi connectivity index (χ1v) is 12.1. The zero-order valence-corrected chi connectivity index (χ0v) is 18.5. The Labute approximate surface area is 187 Å². The summed E-state index contributed by atoms with van der Waals surface area (Å²) in [4.78, 5) is 15.6. The number of carbonyl (C=O) groups excluding carboxylic acids is 1. The van der Waals surface area contributed by atoms with Crippen LogP contribution >= 0.6 is 11.3 Å². The van der Waals surface area contributed by atoms with Crippen LogP contribution in [0.5, 0.6) is 5.75 Å². The maximum Gasteiger partial charge on any atom is 0.224 e. The molecule has 2 N–H and O–H groups in total. The SMILES string of the molecule is O=C1CCc2ccc(OCCCCN3CCNCC3c3ccsc4cccc3-4)cc2N1. The number of nitrogens with zero attached hydrogens (tertiary/aromatic N) is 1. The van der Waals surface area contributed by atoms with Crippen molar-refractivity contribution in [3.63, 3.8) is 0 Å². The molecule has 162 valence electrons. The summed E-state index contributed by atoms with van der Waals surface area (Å²) in [6.45, 7) is 4.91. The molecule has 4 aliphatic rings. The van der Waals surface area contributed by atoms with Gasteiger partial charge in [0.25, 0.3) is 0 Å². The number of aryl methyl sites for hydroxylation is 1. The summed E-state index contributed by atoms with van der Waals surface area (Å²) in [6, 6.07) is 15.4. The Morgan fingerprint density at radius 1 is 1.13 bits per heavy atom. The van der Waals surface area contributed by atoms with Gasteiger partial charge in [0.1, 0.15) is 5.75 Å². The van der Waals surface area contributed by atoms with Crippen molar-refractivity contribution in [2.24, 2.45) is 0 Å². The second-order valence-corrected chi connectivity index (χ2v) is 9.31. The van der Waals surface area contributed by atoms with Gasteiger partial charge in [-0.15, -0.1) is 11.3 Å². The third kappa shape index (κ3) is 4.61. The molecule has 3 aliphatic heterocycles. The predicted octanol–water partition coefficient (Wildman–Crippen LogP) is 4.54. The van der Waals surface area contributed by atoms with Gasteiger partial charge in [-0.1, -0.05) is 18.2 Å². The third-order valence-electron chi connectivity index (χ3n) is 6.33. The molecule has 0 bridgehead atoms. The summed E-state index contributed by atoms with van der Waals surface area (Å²) in [5.41, 5.74) is 4.93. The summed E-state index contributed by atoms with van der Waals surface area (Å²) in [5, 5.41) is 8.75. The van der Waals surface area contributed by atoms with Crippen molar-refractivity contribution in [1.29, 1.82) is 0 Å². The summed E-state index contributed by atoms with van der Waals surface area (Å²) in [6.07, 6.45) is 3.51. The van der Waals surface area contributed by atoms with Gasteiger partial charge in [0, 0.05) is 48.7 Å². The Hall–Kier alpha value is -2.41. The standard InChI is InChI=1S/C25H29N3O2S/c29-25-9-7-18-6-8-19(16-22(18)27-25)30-14-2-1-12-28-13-11-26-17-23(28)20-10-15-31-24-5-3-4-21(20)24/h3-6,8,10,15-16,23,26H,1-2,7,9,11-14,17H2,(H,27,29). The summed E-state index contributed by atoms with van der Waals surface area (Å²) in [7, 11) is 0. The van der Waals surface area contributed by atoms with Gasteiger partial charge in [0.2, 0.25) is 5.91 Å². The summed E-state index contributed by atoms with van der Waals surface area (Å²) in [5.74, 6) is 0.929. The first-order chi connectivity index (χ1) is 15.3. The Balaban J connectivity index is 1.14. The van der Waals surface area contributed by atoms with Crippen molar-refractivity contribution < 1.29 is 9.53 Å². The lowest BCUT2D eigenvalue weighted by atomic mass is 9.99. The molecule has 6 heteroatoms. The minimum Gasteiger partial charge on any atom is -0.494 e. The second-order valence-electron chi connectivity index (χ2n) is 8.36. The van der Waals surface area contributed by atoms with Crippen LogP contribution in [0.4, 0.5) is 5.69 Å². The molecule has 5 rings (SSSR count). The number of amides is 1. The van der Waals surface area contributed by atoms with Crippen LogP contribution in [0.15, 0.2) is 47.8 Å². The molecule has 1 atom stereocenters. The fraction of sp³-hybridized carbons (Fsp3) is 0.400. The number of hydrogen-bond donors (Lipinski definition) is 2. The molecule has 5 nitrogen and oxygen atoms in total. The van der Waals surface area contributed by atoms with E-state index in [0.717, 1.165) is 56.9 Å². The van der Waals surface area contributed by atoms with Crippen molar-refractivity contribution in [3.8, 4) is 16.2 Å². The topological polar surface area (TPSA) is 53.6 Å². The summed E-state index contributed by atoms with van der Waals surface area (Å²) >= 11 is 1.82. The molecule has 1 amide bonds. The van der Waals surface area contributed by atoms with Crippen LogP contribution in [0.25, 0.3) is 10.4 Å². The van der Waals surface area contributed by atoms with Crippen LogP contribution in [0.2, 0.25) is 0 Å². The third-order valence-corrected chi connectivity index (χ3v) is 7.21. The number of benzene rings is 1. The van der Waals surface area contributed by atoms with Crippen LogP contribution in [0.1, 0.15) is 36.4 Å². The Bertz CT molecular complexity index is 1020. The molecule has 0 radical (unpaired) electrons. The molecule has 1 aromatic carbocycles. The van der Waals surface area contributed by atoms with Gasteiger partial charge in [0.05, 0.1) is 6.61 Å². The molecule has 31 heavy (non-hydrogen) atoms. The molecule has 3 heterocycles. The van der Waals surface area contributed by atoms with Gasteiger partial charge in [-0.3, -0.25) is 9.69 Å². The number of unbranched alkanes of at least 4 members (excludes halogenated alkanes) is 1. The van der Waals surface area contributed by atoms with Crippen LogP contribution < -0.4 is 15.4 Å². The van der Waals surface area contributed by atoms with Crippen molar-refractivity contribution in [1.82, 2.24) is 10.2 Å². The Morgan fingerprint density at radius 2 is 2.10 bits per heavy atom. The van der Waals surface area contributed by atoms with E-state index in [9.17, 15) is 4.79 Å². The Kier molecular flexibility index (Phi) is 6.20. The lowest BCUT2D eigenvalue weighted by Gasteiger charge is -2.37. The second kappa shape index (κ2) is 9.39. The van der Waals surface area contributed by atoms with Gasteiger partial charge in [-0.2, -0.15) is 0 Å². The minimum atomic E-state index is 0.0911. The highest BCUT2D eigenvalue weighted by Gasteiger charge is 2.26. The van der Waals surface area contributed by atoms with E-state index in [2.05, 4.69) is 51.2 Å². The average Bonchev–Trinajstić information content (AvgIpc) is 3.28. The van der Waals surface area contributed by atoms with Crippen LogP contribution in [0, 0.1) is 0 Å². The fourth-order valence-electron chi connectivity index (χ4n) is 4.67. The largest absolute Gasteiger partial charge is 0.494 e. The van der Waals surface area contributed by atoms with Gasteiger partial charge < -0.3 is 15.4 Å². The van der Waals surface area contributed by atoms with Gasteiger partial charge in [-0.05, 0) is 66.1 Å². The highest BCUT2D eigenvalue weighted by molar-refractivity contribution is 7.13. The zero-order valence-electron chi connectivity index (χ0n) is 17.7. The molecule has 0 spiro atoms. The highest BCUT2D eigenvalue weighted by Crippen LogP contribution is 2.36. The number of rotatable bonds is 7. The van der Waals surface area contributed by atoms with Gasteiger partial charge >= 0.3 is 0 Å². The number of carbonyl (C=O) groups is 1. The molecular formula is C25H29N3O2S. The quantitative estimate of drug-likeness (QED) is 0.535. The van der Waals surface area contributed by atoms with Crippen LogP contribution in [-0.2, 0) is 11.2 Å². The minimum absolute atomic E-state index is 0.0911. The van der Waals surface area contributed by atoms with Crippen molar-refractivity contribution in [3.05, 3.63) is 59.0 Å². The first kappa shape index (κ1) is 20.5. The van der Waals surface area contributed by atoms with E-state index in [0.29, 0.717) is 19.1 Å². The lowest BCUT2D eigenvalue weighted by Crippen LogP contribution is -2.46. The van der Waals surface area contributed by atoms with E-state index >= 15 is 0 Å². The van der Waals surface area contributed by atoms with E-state index in [1.54, 1.807) is 0 Å². The van der Waals surface area contributed by atoms with E-state index in [4.69, 9.17) is 4.74 Å². The van der Waals surface area contributed by atoms with E-state index in [1.165, 1.54) is 21.6 Å². The fourth-order valence-corrected chi connectivity index (χ4v) is 5.51. The van der Waals surface area contributed by atoms with E-state index < -0.39 is 0 Å². The molecular weight excluding hydrogens is 406 g/mol. The number of piperazine rings is 1. The zero-order chi connectivity index (χ0) is 21.0. The molecule has 1 saturated heterocycles. The maximum absolute atomic E-state index is 11.6. The number of fused-ring (bicyclic) bond motifs is 2. The number of nitrogens with one attached hydrogen (secondary N) is 2. The van der Waals surface area contributed by atoms with Crippen LogP contribution in [0.3, 0.4) is 0 Å². The van der Waals surface area contributed by atoms with E-state index in [-0.39, 0.29) is 5.91 Å². The van der Waals surface area contributed by atoms with Gasteiger partial charge in [0.15, 0.2) is 0 Å².